The van der Waals surface area contributed by atoms with Crippen LogP contribution in [-0.2, 0) is 43.9 Å². The summed E-state index contributed by atoms with van der Waals surface area (Å²) in [4.78, 5) is 9.49. The molecule has 0 atom stereocenters. The Morgan fingerprint density at radius 2 is 1.68 bits per heavy atom. The van der Waals surface area contributed by atoms with Crippen molar-refractivity contribution in [3.8, 4) is 17.7 Å². The standard InChI is InChI=1S/C23H19ClN8O14S4.HI2N.3Na/c1-43-16-5-2-11(48(35,36)7-6-44-50(40,41)42)8-15(16)31-32-18-17(47-46-45-34)9-13-12(19(18)33)3-4-14(20(13)49(37,38)39)27-23-29-21(24)28-22(30-23)26-10-25;1-2-3;;;/h2-5,8-9,33-34H,6-7H2,1H3,(H,37,38,39)(H,40,41,42)(H2,26,27,28,29,30);3H;;;/q;;3*+1/p-3. The second-order valence-electron chi connectivity index (χ2n) is 9.05. The van der Waals surface area contributed by atoms with Gasteiger partial charge in [-0.2, -0.15) is 24.5 Å². The number of halogens is 3. The Hall–Kier alpha value is -0.270. The number of aromatic hydroxyl groups is 1. The normalized spacial score (nSPS) is 11.2. The average Bonchev–Trinajstić information content (AvgIpc) is 3.05. The number of azo groups is 1. The molecule has 0 aliphatic rings. The number of phenolic OH excluding ortho intramolecular Hbond substituents is 1. The van der Waals surface area contributed by atoms with Crippen LogP contribution in [0.3, 0.4) is 0 Å². The summed E-state index contributed by atoms with van der Waals surface area (Å²) in [5.41, 5.74) is -1.20. The van der Waals surface area contributed by atoms with E-state index in [2.05, 4.69) is 68.0 Å². The minimum Gasteiger partial charge on any atom is -0.744 e. The van der Waals surface area contributed by atoms with Crippen LogP contribution in [0.4, 0.5) is 29.0 Å². The van der Waals surface area contributed by atoms with E-state index in [0.29, 0.717) is 0 Å². The Kier molecular flexibility index (Phi) is 25.4. The summed E-state index contributed by atoms with van der Waals surface area (Å²) in [6, 6.07) is 6.36. The molecule has 4 N–H and O–H groups in total. The fourth-order valence-corrected chi connectivity index (χ4v) is 6.98. The summed E-state index contributed by atoms with van der Waals surface area (Å²) in [6.07, 6.45) is 1.55. The monoisotopic (exact) mass is 1130 g/mol. The Bertz CT molecular complexity index is 2440. The van der Waals surface area contributed by atoms with Crippen LogP contribution in [-0.4, -0.2) is 73.9 Å². The summed E-state index contributed by atoms with van der Waals surface area (Å²) in [6.45, 7) is -0.981. The predicted octanol–water partition coefficient (Wildman–Crippen LogP) is -5.09. The molecule has 4 rings (SSSR count). The van der Waals surface area contributed by atoms with E-state index >= 15 is 0 Å². The third-order valence-corrected chi connectivity index (χ3v) is 9.81. The predicted molar refractivity (Wildman–Crippen MR) is 195 cm³/mol. The van der Waals surface area contributed by atoms with E-state index in [0.717, 1.165) is 36.4 Å². The van der Waals surface area contributed by atoms with Gasteiger partial charge in [-0.05, 0) is 48.0 Å². The number of nitrogens with one attached hydrogen (secondary N) is 3. The van der Waals surface area contributed by atoms with E-state index in [9.17, 15) is 44.7 Å². The van der Waals surface area contributed by atoms with Gasteiger partial charge in [0.25, 0.3) is 0 Å². The molecule has 0 radical (unpaired) electrons. The fourth-order valence-electron chi connectivity index (χ4n) is 4.01. The number of aromatic nitrogens is 3. The molecule has 3 aromatic carbocycles. The first kappa shape index (κ1) is 55.7. The number of hydrogen-bond acceptors (Lipinski definition) is 24. The molecular formula is C23H17ClI2N9Na3O14S4. The zero-order valence-electron chi connectivity index (χ0n) is 28.6. The van der Waals surface area contributed by atoms with Crippen LogP contribution < -0.4 is 109 Å². The fraction of sp³-hybridized carbons (Fsp3) is 0.130. The summed E-state index contributed by atoms with van der Waals surface area (Å²) in [5.74, 6) is -2.52. The maximum absolute atomic E-state index is 12.7. The van der Waals surface area contributed by atoms with Crippen molar-refractivity contribution in [2.45, 2.75) is 14.7 Å². The van der Waals surface area contributed by atoms with Crippen molar-refractivity contribution in [1.82, 2.24) is 15.0 Å². The Morgan fingerprint density at radius 1 is 1.04 bits per heavy atom. The molecular weight excluding hydrogens is 1110 g/mol. The van der Waals surface area contributed by atoms with Gasteiger partial charge in [0.1, 0.15) is 27.2 Å². The van der Waals surface area contributed by atoms with Crippen LogP contribution in [0.2, 0.25) is 5.28 Å². The zero-order chi connectivity index (χ0) is 39.6. The molecule has 4 aromatic rings. The van der Waals surface area contributed by atoms with Crippen molar-refractivity contribution in [2.75, 3.05) is 30.1 Å². The van der Waals surface area contributed by atoms with Gasteiger partial charge < -0.3 is 29.5 Å². The summed E-state index contributed by atoms with van der Waals surface area (Å²) >= 11 is 7.81. The molecule has 1 aromatic heterocycles. The number of benzene rings is 3. The van der Waals surface area contributed by atoms with E-state index in [4.69, 9.17) is 25.2 Å². The number of fused-ring (bicyclic) bond motifs is 1. The van der Waals surface area contributed by atoms with Crippen LogP contribution >= 0.6 is 59.3 Å². The number of methoxy groups -OCH3 is 1. The number of rotatable bonds is 15. The number of ether oxygens (including phenoxy) is 1. The van der Waals surface area contributed by atoms with Crippen molar-refractivity contribution >= 4 is 129 Å². The molecule has 286 valence electrons. The number of nitriles is 1. The van der Waals surface area contributed by atoms with E-state index in [-0.39, 0.29) is 145 Å². The van der Waals surface area contributed by atoms with Gasteiger partial charge in [-0.3, -0.25) is 18.1 Å². The Morgan fingerprint density at radius 3 is 2.25 bits per heavy atom. The second-order valence-corrected chi connectivity index (χ2v) is 17.8. The molecule has 1 heterocycles. The zero-order valence-corrected chi connectivity index (χ0v) is 42.9. The van der Waals surface area contributed by atoms with Gasteiger partial charge in [-0.25, -0.2) is 25.3 Å². The van der Waals surface area contributed by atoms with Crippen molar-refractivity contribution in [3.05, 3.63) is 41.7 Å². The van der Waals surface area contributed by atoms with Gasteiger partial charge in [0, 0.05) is 29.4 Å². The van der Waals surface area contributed by atoms with Crippen LogP contribution in [0.5, 0.6) is 11.5 Å². The molecule has 0 aliphatic carbocycles. The molecule has 56 heavy (non-hydrogen) atoms. The largest absolute Gasteiger partial charge is 1.00 e. The minimum absolute atomic E-state index is 0. The molecule has 0 saturated carbocycles. The molecule has 0 fully saturated rings. The van der Waals surface area contributed by atoms with E-state index in [1.165, 1.54) is 7.11 Å². The van der Waals surface area contributed by atoms with E-state index in [1.54, 1.807) is 6.19 Å². The second kappa shape index (κ2) is 25.5. The van der Waals surface area contributed by atoms with Crippen molar-refractivity contribution < 1.29 is 152 Å². The van der Waals surface area contributed by atoms with Gasteiger partial charge in [-0.15, -0.1) is 10.2 Å². The van der Waals surface area contributed by atoms with Crippen LogP contribution in [0, 0.1) is 15.0 Å². The smallest absolute Gasteiger partial charge is 0.744 e. The maximum atomic E-state index is 12.7. The van der Waals surface area contributed by atoms with Crippen molar-refractivity contribution in [1.29, 1.82) is 8.82 Å². The topological polar surface area (TPSA) is 364 Å². The molecule has 33 heteroatoms. The SMILES string of the molecule is COc1ccc(S(=O)(=O)CCOS(=O)(=O)[O-])cc1N=Nc1c(SOO[O-])cc2c(S(=O)(=O)[O-])c(Nc3nc(Cl)nc(NC#N)n3)ccc2c1O.N=II.[Na+].[Na+].[Na+]. The number of phenols is 1. The number of nitrogens with zero attached hydrogens (tertiary/aromatic N) is 6. The third kappa shape index (κ3) is 16.3. The first-order valence-corrected chi connectivity index (χ1v) is 25.9. The maximum Gasteiger partial charge on any atom is 1.00 e. The average molecular weight is 1130 g/mol. The molecule has 0 saturated heterocycles. The number of hydrogen-bond donors (Lipinski definition) is 4. The molecule has 0 spiro atoms. The number of sulfone groups is 1. The quantitative estimate of drug-likeness (QED) is 0.00827. The third-order valence-electron chi connectivity index (χ3n) is 5.96. The Balaban J connectivity index is 0.00000488. The van der Waals surface area contributed by atoms with Gasteiger partial charge in [-0.1, -0.05) is 0 Å². The van der Waals surface area contributed by atoms with Crippen LogP contribution in [0.25, 0.3) is 10.8 Å². The first-order chi connectivity index (χ1) is 24.9. The summed E-state index contributed by atoms with van der Waals surface area (Å²) in [7, 11) is -13.6. The molecule has 0 unspecified atom stereocenters. The molecule has 23 nitrogen and oxygen atoms in total. The molecule has 0 aliphatic heterocycles. The summed E-state index contributed by atoms with van der Waals surface area (Å²) in [5, 5.41) is 45.3. The van der Waals surface area contributed by atoms with Crippen molar-refractivity contribution in [3.63, 3.8) is 0 Å². The van der Waals surface area contributed by atoms with Gasteiger partial charge in [0.2, 0.25) is 27.6 Å². The van der Waals surface area contributed by atoms with Gasteiger partial charge >= 0.3 is 88.7 Å². The molecule has 0 amide bonds. The van der Waals surface area contributed by atoms with Crippen LogP contribution in [0.1, 0.15) is 0 Å². The summed E-state index contributed by atoms with van der Waals surface area (Å²) < 4.78 is 115. The minimum atomic E-state index is -5.40. The number of anilines is 3. The molecule has 0 bridgehead atoms. The van der Waals surface area contributed by atoms with Crippen molar-refractivity contribution in [2.24, 2.45) is 10.2 Å². The Labute approximate surface area is 413 Å². The first-order valence-electron chi connectivity index (χ1n) is 13.0. The van der Waals surface area contributed by atoms with E-state index < -0.39 is 86.2 Å². The van der Waals surface area contributed by atoms with Gasteiger partial charge in [0.05, 0.1) is 68.9 Å². The van der Waals surface area contributed by atoms with Crippen LogP contribution in [0.15, 0.2) is 61.3 Å². The van der Waals surface area contributed by atoms with Gasteiger partial charge in [0.15, 0.2) is 21.8 Å². The van der Waals surface area contributed by atoms with E-state index in [1.807, 2.05) is 0 Å².